The average molecular weight is 422 g/mol. The summed E-state index contributed by atoms with van der Waals surface area (Å²) >= 11 is 0. The van der Waals surface area contributed by atoms with Crippen LogP contribution in [-0.4, -0.2) is 4.57 Å². The van der Waals surface area contributed by atoms with Crippen LogP contribution in [0.3, 0.4) is 0 Å². The molecule has 0 amide bonds. The van der Waals surface area contributed by atoms with Gasteiger partial charge in [0.2, 0.25) is 0 Å². The minimum atomic E-state index is 0.723. The lowest BCUT2D eigenvalue weighted by Crippen LogP contribution is -1.93. The molecular weight excluding hydrogens is 404 g/mol. The molecule has 1 aliphatic carbocycles. The van der Waals surface area contributed by atoms with E-state index in [9.17, 15) is 5.26 Å². The van der Waals surface area contributed by atoms with Crippen LogP contribution >= 0.6 is 0 Å². The highest BCUT2D eigenvalue weighted by atomic mass is 16.3. The monoisotopic (exact) mass is 422 g/mol. The number of rotatable bonds is 2. The molecule has 1 aliphatic rings. The molecule has 6 aromatic rings. The molecule has 0 bridgehead atoms. The lowest BCUT2D eigenvalue weighted by Gasteiger charge is -2.09. The molecule has 0 radical (unpaired) electrons. The van der Waals surface area contributed by atoms with Gasteiger partial charge in [-0.15, -0.1) is 0 Å². The second-order valence-corrected chi connectivity index (χ2v) is 8.48. The molecule has 7 rings (SSSR count). The summed E-state index contributed by atoms with van der Waals surface area (Å²) in [7, 11) is 0. The van der Waals surface area contributed by atoms with E-state index in [-0.39, 0.29) is 0 Å². The first-order valence-corrected chi connectivity index (χ1v) is 11.1. The van der Waals surface area contributed by atoms with E-state index < -0.39 is 0 Å². The molecule has 0 atom stereocenters. The molecule has 0 aliphatic heterocycles. The Morgan fingerprint density at radius 3 is 2.24 bits per heavy atom. The van der Waals surface area contributed by atoms with Crippen LogP contribution in [-0.2, 0) is 0 Å². The lowest BCUT2D eigenvalue weighted by atomic mass is 9.98. The van der Waals surface area contributed by atoms with Gasteiger partial charge < -0.3 is 8.98 Å². The van der Waals surface area contributed by atoms with E-state index in [2.05, 4.69) is 83.4 Å². The minimum Gasteiger partial charge on any atom is -0.456 e. The fourth-order valence-electron chi connectivity index (χ4n) is 5.21. The second kappa shape index (κ2) is 6.72. The molecule has 33 heavy (non-hydrogen) atoms. The number of furan rings is 1. The van der Waals surface area contributed by atoms with E-state index in [1.54, 1.807) is 0 Å². The zero-order valence-electron chi connectivity index (χ0n) is 17.7. The Kier molecular flexibility index (Phi) is 3.68. The number of hydrogen-bond acceptors (Lipinski definition) is 2. The molecule has 2 heterocycles. The summed E-state index contributed by atoms with van der Waals surface area (Å²) in [5.74, 6) is 0. The predicted octanol–water partition coefficient (Wildman–Crippen LogP) is 7.92. The normalized spacial score (nSPS) is 13.7. The first kappa shape index (κ1) is 18.1. The number of nitriles is 1. The van der Waals surface area contributed by atoms with Crippen molar-refractivity contribution in [2.24, 2.45) is 0 Å². The highest BCUT2D eigenvalue weighted by Gasteiger charge is 2.18. The molecule has 3 nitrogen and oxygen atoms in total. The molecule has 0 N–H and O–H groups in total. The van der Waals surface area contributed by atoms with E-state index in [4.69, 9.17) is 4.42 Å². The molecule has 4 aromatic carbocycles. The van der Waals surface area contributed by atoms with Crippen molar-refractivity contribution in [1.82, 2.24) is 4.57 Å². The largest absolute Gasteiger partial charge is 0.456 e. The highest BCUT2D eigenvalue weighted by molar-refractivity contribution is 6.12. The SMILES string of the molecule is N#CC1=CCC(c2cccc3oc4ccc(-n5c6ccccc6c6ccccc65)cc4c23)=C1. The molecule has 2 aromatic heterocycles. The number of benzene rings is 4. The number of aromatic nitrogens is 1. The zero-order chi connectivity index (χ0) is 21.9. The van der Waals surface area contributed by atoms with Crippen molar-refractivity contribution in [2.75, 3.05) is 0 Å². The first-order valence-electron chi connectivity index (χ1n) is 11.1. The summed E-state index contributed by atoms with van der Waals surface area (Å²) in [5.41, 5.74) is 8.23. The maximum atomic E-state index is 9.31. The van der Waals surface area contributed by atoms with Crippen LogP contribution in [0.5, 0.6) is 0 Å². The summed E-state index contributed by atoms with van der Waals surface area (Å²) in [6, 6.07) is 32.0. The third-order valence-electron chi connectivity index (χ3n) is 6.66. The van der Waals surface area contributed by atoms with Crippen LogP contribution in [0.1, 0.15) is 12.0 Å². The van der Waals surface area contributed by atoms with Crippen molar-refractivity contribution in [2.45, 2.75) is 6.42 Å². The highest BCUT2D eigenvalue weighted by Crippen LogP contribution is 2.39. The van der Waals surface area contributed by atoms with Crippen molar-refractivity contribution in [3.05, 3.63) is 108 Å². The van der Waals surface area contributed by atoms with Gasteiger partial charge in [-0.25, -0.2) is 0 Å². The van der Waals surface area contributed by atoms with Crippen molar-refractivity contribution in [1.29, 1.82) is 5.26 Å². The van der Waals surface area contributed by atoms with Gasteiger partial charge in [0, 0.05) is 32.8 Å². The maximum Gasteiger partial charge on any atom is 0.136 e. The summed E-state index contributed by atoms with van der Waals surface area (Å²) in [4.78, 5) is 0. The quantitative estimate of drug-likeness (QED) is 0.284. The standard InChI is InChI=1S/C30H18N2O/c31-18-19-12-13-20(16-19)22-8-5-11-29-30(22)25-17-21(14-15-28(25)33-29)32-26-9-3-1-6-23(26)24-7-2-4-10-27(24)32/h1-12,14-17H,13H2. The fourth-order valence-corrected chi connectivity index (χ4v) is 5.21. The number of nitrogens with zero attached hydrogens (tertiary/aromatic N) is 2. The van der Waals surface area contributed by atoms with Gasteiger partial charge in [-0.1, -0.05) is 54.6 Å². The summed E-state index contributed by atoms with van der Waals surface area (Å²) in [5, 5.41) is 14.0. The third kappa shape index (κ3) is 2.55. The Bertz CT molecular complexity index is 1800. The van der Waals surface area contributed by atoms with Gasteiger partial charge in [-0.3, -0.25) is 0 Å². The Hall–Kier alpha value is -4.55. The van der Waals surface area contributed by atoms with Crippen molar-refractivity contribution >= 4 is 49.3 Å². The summed E-state index contributed by atoms with van der Waals surface area (Å²) in [6.45, 7) is 0. The molecular formula is C30H18N2O. The Morgan fingerprint density at radius 2 is 1.52 bits per heavy atom. The van der Waals surface area contributed by atoms with Crippen LogP contribution in [0.2, 0.25) is 0 Å². The van der Waals surface area contributed by atoms with Crippen molar-refractivity contribution < 1.29 is 4.42 Å². The van der Waals surface area contributed by atoms with Crippen molar-refractivity contribution in [3.8, 4) is 11.8 Å². The fraction of sp³-hybridized carbons (Fsp3) is 0.0333. The van der Waals surface area contributed by atoms with E-state index >= 15 is 0 Å². The van der Waals surface area contributed by atoms with Gasteiger partial charge in [0.1, 0.15) is 11.2 Å². The smallest absolute Gasteiger partial charge is 0.136 e. The van der Waals surface area contributed by atoms with Gasteiger partial charge in [0.15, 0.2) is 0 Å². The van der Waals surface area contributed by atoms with Gasteiger partial charge >= 0.3 is 0 Å². The number of allylic oxidation sites excluding steroid dienone is 4. The Morgan fingerprint density at radius 1 is 0.758 bits per heavy atom. The van der Waals surface area contributed by atoms with Gasteiger partial charge in [0.05, 0.1) is 17.1 Å². The Balaban J connectivity index is 1.53. The predicted molar refractivity (Wildman–Crippen MR) is 134 cm³/mol. The maximum absolute atomic E-state index is 9.31. The molecule has 0 saturated carbocycles. The topological polar surface area (TPSA) is 41.9 Å². The van der Waals surface area contributed by atoms with Gasteiger partial charge in [-0.2, -0.15) is 5.26 Å². The van der Waals surface area contributed by atoms with Crippen molar-refractivity contribution in [3.63, 3.8) is 0 Å². The van der Waals surface area contributed by atoms with E-state index in [1.165, 1.54) is 21.8 Å². The van der Waals surface area contributed by atoms with Crippen LogP contribution in [0.25, 0.3) is 55.0 Å². The van der Waals surface area contributed by atoms with Crippen LogP contribution in [0.4, 0.5) is 0 Å². The number of fused-ring (bicyclic) bond motifs is 6. The number of hydrogen-bond donors (Lipinski definition) is 0. The molecule has 0 saturated heterocycles. The summed E-state index contributed by atoms with van der Waals surface area (Å²) in [6.07, 6.45) is 4.74. The average Bonchev–Trinajstić information content (AvgIpc) is 3.57. The minimum absolute atomic E-state index is 0.723. The molecule has 0 fully saturated rings. The van der Waals surface area contributed by atoms with E-state index in [0.717, 1.165) is 50.8 Å². The van der Waals surface area contributed by atoms with Gasteiger partial charge in [-0.05, 0) is 60.0 Å². The molecule has 154 valence electrons. The third-order valence-corrected chi connectivity index (χ3v) is 6.66. The molecule has 0 unspecified atom stereocenters. The van der Waals surface area contributed by atoms with Crippen LogP contribution < -0.4 is 0 Å². The molecule has 3 heteroatoms. The van der Waals surface area contributed by atoms with E-state index in [0.29, 0.717) is 0 Å². The van der Waals surface area contributed by atoms with Crippen LogP contribution in [0, 0.1) is 11.3 Å². The second-order valence-electron chi connectivity index (χ2n) is 8.48. The van der Waals surface area contributed by atoms with Gasteiger partial charge in [0.25, 0.3) is 0 Å². The zero-order valence-corrected chi connectivity index (χ0v) is 17.7. The first-order chi connectivity index (χ1) is 16.3. The summed E-state index contributed by atoms with van der Waals surface area (Å²) < 4.78 is 8.56. The van der Waals surface area contributed by atoms with E-state index in [1.807, 2.05) is 24.3 Å². The van der Waals surface area contributed by atoms with Crippen LogP contribution in [0.15, 0.2) is 107 Å². The molecule has 0 spiro atoms. The Labute approximate surface area is 190 Å². The number of para-hydroxylation sites is 2. The lowest BCUT2D eigenvalue weighted by molar-refractivity contribution is 0.669.